The van der Waals surface area contributed by atoms with E-state index in [1.165, 1.54) is 13.2 Å². The van der Waals surface area contributed by atoms with Crippen molar-refractivity contribution in [2.45, 2.75) is 0 Å². The van der Waals surface area contributed by atoms with Crippen LogP contribution in [0.15, 0.2) is 42.5 Å². The van der Waals surface area contributed by atoms with Crippen LogP contribution in [-0.2, 0) is 9.53 Å². The van der Waals surface area contributed by atoms with Crippen LogP contribution in [0.3, 0.4) is 0 Å². The number of amides is 1. The first-order valence-electron chi connectivity index (χ1n) is 6.66. The number of ether oxygens (including phenoxy) is 1. The molecule has 0 heterocycles. The standard InChI is InChI=1S/C16H14F2N2O3/c1-23-16(22)10-3-2-4-13(5-10)19-9-15(21)20-14-7-11(17)6-12(18)8-14/h2-8,19H,9H2,1H3,(H,20,21). The third-order valence-corrected chi connectivity index (χ3v) is 2.88. The lowest BCUT2D eigenvalue weighted by molar-refractivity contribution is -0.114. The van der Waals surface area contributed by atoms with E-state index >= 15 is 0 Å². The Morgan fingerprint density at radius 1 is 1.04 bits per heavy atom. The molecule has 0 unspecified atom stereocenters. The number of methoxy groups -OCH3 is 1. The van der Waals surface area contributed by atoms with E-state index in [1.807, 2.05) is 0 Å². The number of carbonyl (C=O) groups is 2. The van der Waals surface area contributed by atoms with E-state index in [4.69, 9.17) is 0 Å². The molecule has 0 saturated heterocycles. The van der Waals surface area contributed by atoms with Gasteiger partial charge in [-0.3, -0.25) is 4.79 Å². The van der Waals surface area contributed by atoms with Crippen LogP contribution in [0.5, 0.6) is 0 Å². The molecule has 0 radical (unpaired) electrons. The van der Waals surface area contributed by atoms with Gasteiger partial charge in [0.15, 0.2) is 0 Å². The molecular formula is C16H14F2N2O3. The number of carbonyl (C=O) groups excluding carboxylic acids is 2. The highest BCUT2D eigenvalue weighted by atomic mass is 19.1. The lowest BCUT2D eigenvalue weighted by Gasteiger charge is -2.09. The van der Waals surface area contributed by atoms with E-state index < -0.39 is 23.5 Å². The number of anilines is 2. The number of esters is 1. The monoisotopic (exact) mass is 320 g/mol. The minimum absolute atomic E-state index is 0.0256. The minimum atomic E-state index is -0.779. The fraction of sp³-hybridized carbons (Fsp3) is 0.125. The normalized spacial score (nSPS) is 10.0. The summed E-state index contributed by atoms with van der Waals surface area (Å²) in [5.74, 6) is -2.54. The van der Waals surface area contributed by atoms with Crippen molar-refractivity contribution in [2.75, 3.05) is 24.3 Å². The molecule has 0 bridgehead atoms. The van der Waals surface area contributed by atoms with Crippen LogP contribution in [0, 0.1) is 11.6 Å². The van der Waals surface area contributed by atoms with Gasteiger partial charge in [-0.05, 0) is 30.3 Å². The summed E-state index contributed by atoms with van der Waals surface area (Å²) in [4.78, 5) is 23.2. The lowest BCUT2D eigenvalue weighted by Crippen LogP contribution is -2.22. The largest absolute Gasteiger partial charge is 0.465 e. The summed E-state index contributed by atoms with van der Waals surface area (Å²) in [5, 5.41) is 5.18. The molecule has 2 aromatic rings. The summed E-state index contributed by atoms with van der Waals surface area (Å²) in [6.45, 7) is -0.136. The molecule has 0 saturated carbocycles. The Morgan fingerprint density at radius 3 is 2.39 bits per heavy atom. The van der Waals surface area contributed by atoms with Gasteiger partial charge in [0.2, 0.25) is 5.91 Å². The number of hydrogen-bond acceptors (Lipinski definition) is 4. The van der Waals surface area contributed by atoms with E-state index in [9.17, 15) is 18.4 Å². The van der Waals surface area contributed by atoms with Gasteiger partial charge in [-0.2, -0.15) is 0 Å². The number of benzene rings is 2. The van der Waals surface area contributed by atoms with Crippen molar-refractivity contribution in [2.24, 2.45) is 0 Å². The topological polar surface area (TPSA) is 67.4 Å². The van der Waals surface area contributed by atoms with Crippen LogP contribution >= 0.6 is 0 Å². The molecule has 120 valence electrons. The van der Waals surface area contributed by atoms with E-state index in [0.717, 1.165) is 12.1 Å². The highest BCUT2D eigenvalue weighted by Gasteiger charge is 2.08. The zero-order valence-electron chi connectivity index (χ0n) is 12.2. The molecule has 2 N–H and O–H groups in total. The average Bonchev–Trinajstić information content (AvgIpc) is 2.51. The lowest BCUT2D eigenvalue weighted by atomic mass is 10.2. The summed E-state index contributed by atoms with van der Waals surface area (Å²) in [6, 6.07) is 9.15. The van der Waals surface area contributed by atoms with Gasteiger partial charge in [0, 0.05) is 17.4 Å². The number of hydrogen-bond donors (Lipinski definition) is 2. The molecule has 0 fully saturated rings. The number of halogens is 2. The van der Waals surface area contributed by atoms with Crippen molar-refractivity contribution in [1.82, 2.24) is 0 Å². The zero-order valence-corrected chi connectivity index (χ0v) is 12.2. The maximum Gasteiger partial charge on any atom is 0.337 e. The second kappa shape index (κ2) is 7.35. The molecule has 0 aliphatic carbocycles. The summed E-state index contributed by atoms with van der Waals surface area (Å²) in [7, 11) is 1.27. The van der Waals surface area contributed by atoms with Gasteiger partial charge < -0.3 is 15.4 Å². The van der Waals surface area contributed by atoms with E-state index in [0.29, 0.717) is 17.3 Å². The first kappa shape index (κ1) is 16.4. The summed E-state index contributed by atoms with van der Waals surface area (Å²) in [5.41, 5.74) is 0.899. The highest BCUT2D eigenvalue weighted by Crippen LogP contribution is 2.14. The predicted octanol–water partition coefficient (Wildman–Crippen LogP) is 2.80. The molecule has 1 amide bonds. The Bertz CT molecular complexity index is 715. The van der Waals surface area contributed by atoms with Gasteiger partial charge in [-0.15, -0.1) is 0 Å². The molecule has 0 spiro atoms. The number of nitrogens with one attached hydrogen (secondary N) is 2. The molecule has 2 rings (SSSR count). The first-order chi connectivity index (χ1) is 11.0. The van der Waals surface area contributed by atoms with Crippen LogP contribution in [-0.4, -0.2) is 25.5 Å². The van der Waals surface area contributed by atoms with E-state index in [-0.39, 0.29) is 12.2 Å². The fourth-order valence-electron chi connectivity index (χ4n) is 1.89. The quantitative estimate of drug-likeness (QED) is 0.831. The van der Waals surface area contributed by atoms with Crippen molar-refractivity contribution >= 4 is 23.3 Å². The molecule has 0 aliphatic heterocycles. The van der Waals surface area contributed by atoms with Gasteiger partial charge in [-0.1, -0.05) is 6.07 Å². The highest BCUT2D eigenvalue weighted by molar-refractivity contribution is 5.94. The molecule has 0 atom stereocenters. The Morgan fingerprint density at radius 2 is 1.74 bits per heavy atom. The Balaban J connectivity index is 1.95. The zero-order chi connectivity index (χ0) is 16.8. The average molecular weight is 320 g/mol. The van der Waals surface area contributed by atoms with Gasteiger partial charge >= 0.3 is 5.97 Å². The van der Waals surface area contributed by atoms with Crippen molar-refractivity contribution in [3.8, 4) is 0 Å². The second-order valence-electron chi connectivity index (χ2n) is 4.63. The molecule has 7 heteroatoms. The van der Waals surface area contributed by atoms with E-state index in [2.05, 4.69) is 15.4 Å². The maximum absolute atomic E-state index is 13.0. The fourth-order valence-corrected chi connectivity index (χ4v) is 1.89. The minimum Gasteiger partial charge on any atom is -0.465 e. The summed E-state index contributed by atoms with van der Waals surface area (Å²) in [6.07, 6.45) is 0. The van der Waals surface area contributed by atoms with Crippen molar-refractivity contribution in [3.63, 3.8) is 0 Å². The molecule has 0 aromatic heterocycles. The van der Waals surface area contributed by atoms with Crippen LogP contribution in [0.4, 0.5) is 20.2 Å². The predicted molar refractivity (Wildman–Crippen MR) is 81.3 cm³/mol. The third kappa shape index (κ3) is 4.77. The first-order valence-corrected chi connectivity index (χ1v) is 6.66. The Labute approximate surface area is 131 Å². The Kier molecular flexibility index (Phi) is 5.24. The molecule has 23 heavy (non-hydrogen) atoms. The molecular weight excluding hydrogens is 306 g/mol. The summed E-state index contributed by atoms with van der Waals surface area (Å²) < 4.78 is 30.7. The van der Waals surface area contributed by atoms with Crippen molar-refractivity contribution < 1.29 is 23.1 Å². The molecule has 5 nitrogen and oxygen atoms in total. The van der Waals surface area contributed by atoms with Gasteiger partial charge in [-0.25, -0.2) is 13.6 Å². The molecule has 2 aromatic carbocycles. The second-order valence-corrected chi connectivity index (χ2v) is 4.63. The van der Waals surface area contributed by atoms with Gasteiger partial charge in [0.1, 0.15) is 11.6 Å². The van der Waals surface area contributed by atoms with Crippen LogP contribution in [0.2, 0.25) is 0 Å². The van der Waals surface area contributed by atoms with Crippen molar-refractivity contribution in [3.05, 3.63) is 59.7 Å². The van der Waals surface area contributed by atoms with E-state index in [1.54, 1.807) is 18.2 Å². The third-order valence-electron chi connectivity index (χ3n) is 2.88. The number of rotatable bonds is 5. The smallest absolute Gasteiger partial charge is 0.337 e. The van der Waals surface area contributed by atoms with Gasteiger partial charge in [0.05, 0.1) is 19.2 Å². The SMILES string of the molecule is COC(=O)c1cccc(NCC(=O)Nc2cc(F)cc(F)c2)c1. The maximum atomic E-state index is 13.0. The summed E-state index contributed by atoms with van der Waals surface area (Å²) >= 11 is 0. The van der Waals surface area contributed by atoms with Crippen LogP contribution in [0.25, 0.3) is 0 Å². The Hall–Kier alpha value is -2.96. The van der Waals surface area contributed by atoms with Gasteiger partial charge in [0.25, 0.3) is 0 Å². The van der Waals surface area contributed by atoms with Crippen LogP contribution in [0.1, 0.15) is 10.4 Å². The van der Waals surface area contributed by atoms with Crippen molar-refractivity contribution in [1.29, 1.82) is 0 Å². The molecule has 0 aliphatic rings. The van der Waals surface area contributed by atoms with Crippen LogP contribution < -0.4 is 10.6 Å².